The van der Waals surface area contributed by atoms with Gasteiger partial charge < -0.3 is 15.0 Å². The average Bonchev–Trinajstić information content (AvgIpc) is 2.85. The zero-order chi connectivity index (χ0) is 21.3. The Hall–Kier alpha value is -3.74. The number of fused-ring (bicyclic) bond motifs is 2. The number of aromatic nitrogens is 1. The molecule has 0 saturated heterocycles. The number of amides is 2. The van der Waals surface area contributed by atoms with Crippen molar-refractivity contribution in [2.24, 2.45) is 0 Å². The van der Waals surface area contributed by atoms with Crippen LogP contribution in [0.15, 0.2) is 54.6 Å². The molecular weight excluding hydrogens is 382 g/mol. The van der Waals surface area contributed by atoms with Gasteiger partial charge in [0.25, 0.3) is 5.91 Å². The van der Waals surface area contributed by atoms with Gasteiger partial charge in [-0.1, -0.05) is 30.3 Å². The zero-order valence-electron chi connectivity index (χ0n) is 16.7. The maximum Gasteiger partial charge on any atom is 0.339 e. The van der Waals surface area contributed by atoms with Crippen molar-refractivity contribution in [2.75, 3.05) is 16.8 Å². The Morgan fingerprint density at radius 3 is 2.73 bits per heavy atom. The number of hydrogen-bond donors (Lipinski definition) is 1. The van der Waals surface area contributed by atoms with E-state index in [2.05, 4.69) is 10.3 Å². The summed E-state index contributed by atoms with van der Waals surface area (Å²) in [5, 5.41) is 3.48. The van der Waals surface area contributed by atoms with Gasteiger partial charge in [-0.2, -0.15) is 0 Å². The Morgan fingerprint density at radius 1 is 1.17 bits per heavy atom. The summed E-state index contributed by atoms with van der Waals surface area (Å²) in [5.74, 6) is -1.15. The van der Waals surface area contributed by atoms with Crippen molar-refractivity contribution in [3.8, 4) is 0 Å². The second-order valence-corrected chi connectivity index (χ2v) is 7.29. The lowest BCUT2D eigenvalue weighted by atomic mass is 10.1. The molecule has 1 aliphatic heterocycles. The molecule has 0 radical (unpaired) electrons. The van der Waals surface area contributed by atoms with Gasteiger partial charge in [0.05, 0.1) is 22.5 Å². The van der Waals surface area contributed by atoms with Gasteiger partial charge in [-0.25, -0.2) is 4.79 Å². The largest absolute Gasteiger partial charge is 0.452 e. The number of carbonyl (C=O) groups excluding carboxylic acids is 3. The number of para-hydroxylation sites is 3. The second kappa shape index (κ2) is 7.94. The molecular formula is C23H21N3O4. The van der Waals surface area contributed by atoms with Crippen LogP contribution in [-0.4, -0.2) is 35.4 Å². The number of nitrogens with one attached hydrogen (secondary N) is 1. The fraction of sp³-hybridized carbons (Fsp3) is 0.217. The minimum absolute atomic E-state index is 0.155. The van der Waals surface area contributed by atoms with Gasteiger partial charge in [0.2, 0.25) is 5.91 Å². The quantitative estimate of drug-likeness (QED) is 0.677. The molecule has 0 unspecified atom stereocenters. The minimum atomic E-state index is -0.588. The van der Waals surface area contributed by atoms with Crippen molar-refractivity contribution in [1.29, 1.82) is 0 Å². The molecule has 4 rings (SSSR count). The van der Waals surface area contributed by atoms with E-state index >= 15 is 0 Å². The van der Waals surface area contributed by atoms with Gasteiger partial charge in [-0.3, -0.25) is 14.6 Å². The number of aryl methyl sites for hydroxylation is 1. The molecule has 1 N–H and O–H groups in total. The van der Waals surface area contributed by atoms with Crippen LogP contribution in [-0.2, 0) is 14.3 Å². The second-order valence-electron chi connectivity index (χ2n) is 7.29. The molecule has 152 valence electrons. The van der Waals surface area contributed by atoms with Crippen LogP contribution in [0.2, 0.25) is 0 Å². The lowest BCUT2D eigenvalue weighted by Gasteiger charge is -2.27. The number of anilines is 2. The number of hydrogen-bond acceptors (Lipinski definition) is 5. The van der Waals surface area contributed by atoms with E-state index in [1.165, 1.54) is 4.90 Å². The van der Waals surface area contributed by atoms with E-state index < -0.39 is 18.5 Å². The van der Waals surface area contributed by atoms with Crippen LogP contribution < -0.4 is 10.2 Å². The molecule has 2 amide bonds. The smallest absolute Gasteiger partial charge is 0.339 e. The summed E-state index contributed by atoms with van der Waals surface area (Å²) in [7, 11) is 0. The molecule has 2 aromatic carbocycles. The molecule has 2 heterocycles. The van der Waals surface area contributed by atoms with Gasteiger partial charge in [0, 0.05) is 23.5 Å². The molecule has 7 nitrogen and oxygen atoms in total. The van der Waals surface area contributed by atoms with E-state index in [1.807, 2.05) is 18.2 Å². The predicted octanol–water partition coefficient (Wildman–Crippen LogP) is 3.46. The highest BCUT2D eigenvalue weighted by atomic mass is 16.5. The summed E-state index contributed by atoms with van der Waals surface area (Å²) in [6.07, 6.45) is 0.155. The molecule has 1 aromatic heterocycles. The Kier molecular flexibility index (Phi) is 5.18. The van der Waals surface area contributed by atoms with E-state index in [-0.39, 0.29) is 18.4 Å². The van der Waals surface area contributed by atoms with E-state index in [4.69, 9.17) is 4.74 Å². The van der Waals surface area contributed by atoms with Crippen LogP contribution in [0.3, 0.4) is 0 Å². The molecule has 1 atom stereocenters. The molecule has 0 aliphatic carbocycles. The first kappa shape index (κ1) is 19.6. The van der Waals surface area contributed by atoms with Crippen LogP contribution in [0, 0.1) is 6.92 Å². The molecule has 7 heteroatoms. The third-order valence-electron chi connectivity index (χ3n) is 5.02. The summed E-state index contributed by atoms with van der Waals surface area (Å²) in [4.78, 5) is 43.8. The first-order chi connectivity index (χ1) is 14.4. The lowest BCUT2D eigenvalue weighted by molar-refractivity contribution is -0.122. The monoisotopic (exact) mass is 403 g/mol. The molecule has 0 fully saturated rings. The first-order valence-electron chi connectivity index (χ1n) is 9.68. The Balaban J connectivity index is 1.57. The van der Waals surface area contributed by atoms with Crippen molar-refractivity contribution in [3.63, 3.8) is 0 Å². The number of benzene rings is 2. The highest BCUT2D eigenvalue weighted by Gasteiger charge is 2.30. The van der Waals surface area contributed by atoms with Crippen LogP contribution in [0.25, 0.3) is 10.9 Å². The normalized spacial score (nSPS) is 15.9. The number of esters is 1. The van der Waals surface area contributed by atoms with E-state index in [0.29, 0.717) is 33.5 Å². The summed E-state index contributed by atoms with van der Waals surface area (Å²) in [6, 6.07) is 15.7. The van der Waals surface area contributed by atoms with Crippen LogP contribution >= 0.6 is 0 Å². The fourth-order valence-electron chi connectivity index (χ4n) is 3.72. The number of pyridine rings is 1. The molecule has 1 aliphatic rings. The van der Waals surface area contributed by atoms with E-state index in [1.54, 1.807) is 50.2 Å². The summed E-state index contributed by atoms with van der Waals surface area (Å²) in [5.41, 5.74) is 2.89. The first-order valence-corrected chi connectivity index (χ1v) is 9.68. The summed E-state index contributed by atoms with van der Waals surface area (Å²) >= 11 is 0. The maximum atomic E-state index is 13.0. The van der Waals surface area contributed by atoms with E-state index in [0.717, 1.165) is 0 Å². The molecule has 3 aromatic rings. The van der Waals surface area contributed by atoms with Gasteiger partial charge in [-0.05, 0) is 38.1 Å². The van der Waals surface area contributed by atoms with Gasteiger partial charge in [-0.15, -0.1) is 0 Å². The molecule has 0 saturated carbocycles. The summed E-state index contributed by atoms with van der Waals surface area (Å²) in [6.45, 7) is 3.16. The Bertz CT molecular complexity index is 1160. The van der Waals surface area contributed by atoms with Gasteiger partial charge in [0.1, 0.15) is 0 Å². The van der Waals surface area contributed by atoms with Crippen molar-refractivity contribution in [3.05, 3.63) is 65.9 Å². The number of ether oxygens (including phenoxy) is 1. The predicted molar refractivity (Wildman–Crippen MR) is 113 cm³/mol. The van der Waals surface area contributed by atoms with E-state index in [9.17, 15) is 14.4 Å². The Morgan fingerprint density at radius 2 is 1.90 bits per heavy atom. The Labute approximate surface area is 173 Å². The molecule has 30 heavy (non-hydrogen) atoms. The number of carbonyl (C=O) groups is 3. The van der Waals surface area contributed by atoms with Crippen molar-refractivity contribution in [2.45, 2.75) is 26.3 Å². The highest BCUT2D eigenvalue weighted by molar-refractivity contribution is 6.07. The van der Waals surface area contributed by atoms with Crippen molar-refractivity contribution in [1.82, 2.24) is 4.98 Å². The van der Waals surface area contributed by atoms with Crippen molar-refractivity contribution >= 4 is 40.1 Å². The zero-order valence-corrected chi connectivity index (χ0v) is 16.7. The van der Waals surface area contributed by atoms with Gasteiger partial charge in [0.15, 0.2) is 6.61 Å². The topological polar surface area (TPSA) is 88.6 Å². The van der Waals surface area contributed by atoms with Crippen LogP contribution in [0.4, 0.5) is 11.4 Å². The average molecular weight is 403 g/mol. The molecule has 0 spiro atoms. The minimum Gasteiger partial charge on any atom is -0.452 e. The standard InChI is InChI=1S/C23H21N3O4/c1-14-11-17(16-7-3-4-8-18(16)24-14)23(29)30-13-22(28)26-15(2)12-21(27)25-19-9-5-6-10-20(19)26/h3-11,15H,12-13H2,1-2H3,(H,25,27)/t15-/m1/s1. The maximum absolute atomic E-state index is 13.0. The third kappa shape index (κ3) is 3.74. The van der Waals surface area contributed by atoms with Crippen LogP contribution in [0.5, 0.6) is 0 Å². The number of nitrogens with zero attached hydrogens (tertiary/aromatic N) is 2. The summed E-state index contributed by atoms with van der Waals surface area (Å²) < 4.78 is 5.37. The fourth-order valence-corrected chi connectivity index (χ4v) is 3.72. The van der Waals surface area contributed by atoms with Crippen molar-refractivity contribution < 1.29 is 19.1 Å². The lowest BCUT2D eigenvalue weighted by Crippen LogP contribution is -2.41. The number of rotatable bonds is 3. The molecule has 0 bridgehead atoms. The highest BCUT2D eigenvalue weighted by Crippen LogP contribution is 2.31. The van der Waals surface area contributed by atoms with Crippen LogP contribution in [0.1, 0.15) is 29.4 Å². The SMILES string of the molecule is Cc1cc(C(=O)OCC(=O)N2c3ccccc3NC(=O)C[C@H]2C)c2ccccc2n1. The van der Waals surface area contributed by atoms with Gasteiger partial charge >= 0.3 is 5.97 Å². The third-order valence-corrected chi connectivity index (χ3v) is 5.02.